The second-order valence-electron chi connectivity index (χ2n) is 5.94. The van der Waals surface area contributed by atoms with Crippen LogP contribution in [-0.4, -0.2) is 23.3 Å². The molecule has 22 heavy (non-hydrogen) atoms. The highest BCUT2D eigenvalue weighted by Crippen LogP contribution is 2.30. The maximum atomic E-state index is 10.4. The molecule has 0 aliphatic carbocycles. The molecule has 3 heteroatoms. The second kappa shape index (κ2) is 6.95. The van der Waals surface area contributed by atoms with E-state index in [1.54, 1.807) is 0 Å². The minimum absolute atomic E-state index is 0.732. The molecule has 116 valence electrons. The van der Waals surface area contributed by atoms with E-state index in [4.69, 9.17) is 0 Å². The molecule has 1 saturated heterocycles. The molecule has 2 atom stereocenters. The molecular formula is C19H23NO2. The van der Waals surface area contributed by atoms with Crippen LogP contribution in [0, 0.1) is 0 Å². The molecule has 2 N–H and O–H groups in total. The minimum Gasteiger partial charge on any atom is -0.385 e. The largest absolute Gasteiger partial charge is 0.385 e. The predicted octanol–water partition coefficient (Wildman–Crippen LogP) is 3.44. The number of anilines is 1. The van der Waals surface area contributed by atoms with E-state index >= 15 is 0 Å². The molecule has 2 aromatic carbocycles. The second-order valence-corrected chi connectivity index (χ2v) is 5.94. The van der Waals surface area contributed by atoms with Crippen molar-refractivity contribution in [2.75, 3.05) is 18.0 Å². The lowest BCUT2D eigenvalue weighted by molar-refractivity contribution is 0.0172. The maximum Gasteiger partial charge on any atom is 0.109 e. The Morgan fingerprint density at radius 1 is 0.682 bits per heavy atom. The van der Waals surface area contributed by atoms with Gasteiger partial charge in [-0.25, -0.2) is 0 Å². The predicted molar refractivity (Wildman–Crippen MR) is 88.9 cm³/mol. The highest BCUT2D eigenvalue weighted by atomic mass is 16.3. The van der Waals surface area contributed by atoms with E-state index in [-0.39, 0.29) is 0 Å². The smallest absolute Gasteiger partial charge is 0.109 e. The number of benzene rings is 2. The summed E-state index contributed by atoms with van der Waals surface area (Å²) in [5.41, 5.74) is 2.68. The Kier molecular flexibility index (Phi) is 4.76. The molecule has 0 amide bonds. The van der Waals surface area contributed by atoms with Crippen molar-refractivity contribution in [1.29, 1.82) is 0 Å². The average Bonchev–Trinajstić information content (AvgIpc) is 2.62. The summed E-state index contributed by atoms with van der Waals surface area (Å²) in [6.07, 6.45) is 2.00. The highest BCUT2D eigenvalue weighted by molar-refractivity contribution is 5.48. The number of nitrogens with zero attached hydrogens (tertiary/aromatic N) is 1. The van der Waals surface area contributed by atoms with Gasteiger partial charge in [0, 0.05) is 18.8 Å². The van der Waals surface area contributed by atoms with E-state index in [1.165, 1.54) is 24.9 Å². The fourth-order valence-electron chi connectivity index (χ4n) is 3.05. The SMILES string of the molecule is O[C@H](c1ccc(N2CCCCC2)cc1)[C@@H](O)c1ccccc1. The Labute approximate surface area is 131 Å². The van der Waals surface area contributed by atoms with Gasteiger partial charge in [0.25, 0.3) is 0 Å². The Hall–Kier alpha value is -1.84. The summed E-state index contributed by atoms with van der Waals surface area (Å²) < 4.78 is 0. The number of hydrogen-bond acceptors (Lipinski definition) is 3. The number of aliphatic hydroxyl groups is 2. The van der Waals surface area contributed by atoms with Crippen LogP contribution >= 0.6 is 0 Å². The number of rotatable bonds is 4. The molecule has 3 nitrogen and oxygen atoms in total. The van der Waals surface area contributed by atoms with Crippen LogP contribution in [0.25, 0.3) is 0 Å². The Balaban J connectivity index is 1.71. The number of aliphatic hydroxyl groups excluding tert-OH is 2. The average molecular weight is 297 g/mol. The molecule has 1 heterocycles. The van der Waals surface area contributed by atoms with Gasteiger partial charge in [-0.15, -0.1) is 0 Å². The van der Waals surface area contributed by atoms with Gasteiger partial charge in [-0.3, -0.25) is 0 Å². The van der Waals surface area contributed by atoms with Crippen LogP contribution in [0.15, 0.2) is 54.6 Å². The van der Waals surface area contributed by atoms with E-state index in [1.807, 2.05) is 54.6 Å². The Morgan fingerprint density at radius 3 is 1.82 bits per heavy atom. The molecule has 0 unspecified atom stereocenters. The first-order valence-corrected chi connectivity index (χ1v) is 8.02. The van der Waals surface area contributed by atoms with Crippen LogP contribution in [0.1, 0.15) is 42.6 Å². The first kappa shape index (κ1) is 15.1. The third-order valence-electron chi connectivity index (χ3n) is 4.40. The van der Waals surface area contributed by atoms with Crippen molar-refractivity contribution in [1.82, 2.24) is 0 Å². The molecular weight excluding hydrogens is 274 g/mol. The van der Waals surface area contributed by atoms with Crippen molar-refractivity contribution in [3.8, 4) is 0 Å². The van der Waals surface area contributed by atoms with Gasteiger partial charge in [-0.1, -0.05) is 42.5 Å². The standard InChI is InChI=1S/C19H23NO2/c21-18(15-7-3-1-4-8-15)19(22)16-9-11-17(12-10-16)20-13-5-2-6-14-20/h1,3-4,7-12,18-19,21-22H,2,5-6,13-14H2/t18-,19+/m0/s1. The van der Waals surface area contributed by atoms with E-state index in [0.29, 0.717) is 0 Å². The van der Waals surface area contributed by atoms with Gasteiger partial charge in [0.1, 0.15) is 12.2 Å². The zero-order valence-electron chi connectivity index (χ0n) is 12.7. The van der Waals surface area contributed by atoms with Crippen molar-refractivity contribution in [3.05, 3.63) is 65.7 Å². The molecule has 0 spiro atoms. The Bertz CT molecular complexity index is 576. The first-order valence-electron chi connectivity index (χ1n) is 8.02. The summed E-state index contributed by atoms with van der Waals surface area (Å²) in [5, 5.41) is 20.7. The summed E-state index contributed by atoms with van der Waals surface area (Å²) in [4.78, 5) is 2.38. The lowest BCUT2D eigenvalue weighted by Crippen LogP contribution is -2.29. The minimum atomic E-state index is -0.905. The summed E-state index contributed by atoms with van der Waals surface area (Å²) >= 11 is 0. The van der Waals surface area contributed by atoms with Crippen LogP contribution in [0.2, 0.25) is 0 Å². The van der Waals surface area contributed by atoms with E-state index in [0.717, 1.165) is 24.2 Å². The van der Waals surface area contributed by atoms with Gasteiger partial charge < -0.3 is 15.1 Å². The van der Waals surface area contributed by atoms with Crippen LogP contribution < -0.4 is 4.90 Å². The Morgan fingerprint density at radius 2 is 1.23 bits per heavy atom. The highest BCUT2D eigenvalue weighted by Gasteiger charge is 2.20. The van der Waals surface area contributed by atoms with Crippen LogP contribution in [0.3, 0.4) is 0 Å². The van der Waals surface area contributed by atoms with E-state index in [2.05, 4.69) is 4.90 Å². The van der Waals surface area contributed by atoms with E-state index < -0.39 is 12.2 Å². The molecule has 1 aliphatic rings. The van der Waals surface area contributed by atoms with Crippen molar-refractivity contribution in [3.63, 3.8) is 0 Å². The van der Waals surface area contributed by atoms with Gasteiger partial charge in [-0.2, -0.15) is 0 Å². The third-order valence-corrected chi connectivity index (χ3v) is 4.40. The normalized spacial score (nSPS) is 18.0. The summed E-state index contributed by atoms with van der Waals surface area (Å²) in [7, 11) is 0. The topological polar surface area (TPSA) is 43.7 Å². The fourth-order valence-corrected chi connectivity index (χ4v) is 3.05. The number of hydrogen-bond donors (Lipinski definition) is 2. The maximum absolute atomic E-state index is 10.4. The molecule has 3 rings (SSSR count). The van der Waals surface area contributed by atoms with Crippen molar-refractivity contribution in [2.24, 2.45) is 0 Å². The molecule has 0 saturated carbocycles. The van der Waals surface area contributed by atoms with Crippen LogP contribution in [0.5, 0.6) is 0 Å². The molecule has 0 aromatic heterocycles. The summed E-state index contributed by atoms with van der Waals surface area (Å²) in [6.45, 7) is 2.21. The first-order chi connectivity index (χ1) is 10.8. The lowest BCUT2D eigenvalue weighted by atomic mass is 9.98. The monoisotopic (exact) mass is 297 g/mol. The molecule has 0 radical (unpaired) electrons. The number of piperidine rings is 1. The lowest BCUT2D eigenvalue weighted by Gasteiger charge is -2.29. The van der Waals surface area contributed by atoms with Gasteiger partial charge in [0.15, 0.2) is 0 Å². The van der Waals surface area contributed by atoms with E-state index in [9.17, 15) is 10.2 Å². The summed E-state index contributed by atoms with van der Waals surface area (Å²) in [6, 6.07) is 17.2. The van der Waals surface area contributed by atoms with Crippen molar-refractivity contribution >= 4 is 5.69 Å². The fraction of sp³-hybridized carbons (Fsp3) is 0.368. The zero-order valence-corrected chi connectivity index (χ0v) is 12.7. The molecule has 1 fully saturated rings. The molecule has 1 aliphatic heterocycles. The zero-order chi connectivity index (χ0) is 15.4. The van der Waals surface area contributed by atoms with Gasteiger partial charge in [0.2, 0.25) is 0 Å². The molecule has 0 bridgehead atoms. The van der Waals surface area contributed by atoms with Gasteiger partial charge in [-0.05, 0) is 42.5 Å². The van der Waals surface area contributed by atoms with Gasteiger partial charge >= 0.3 is 0 Å². The molecule has 2 aromatic rings. The summed E-state index contributed by atoms with van der Waals surface area (Å²) in [5.74, 6) is 0. The van der Waals surface area contributed by atoms with Crippen LogP contribution in [0.4, 0.5) is 5.69 Å². The van der Waals surface area contributed by atoms with Crippen molar-refractivity contribution < 1.29 is 10.2 Å². The van der Waals surface area contributed by atoms with Crippen LogP contribution in [-0.2, 0) is 0 Å². The van der Waals surface area contributed by atoms with Gasteiger partial charge in [0.05, 0.1) is 0 Å². The van der Waals surface area contributed by atoms with Crippen molar-refractivity contribution in [2.45, 2.75) is 31.5 Å². The quantitative estimate of drug-likeness (QED) is 0.908. The third kappa shape index (κ3) is 3.32.